The van der Waals surface area contributed by atoms with Crippen LogP contribution in [0.25, 0.3) is 22.4 Å². The van der Waals surface area contributed by atoms with Crippen molar-refractivity contribution in [1.82, 2.24) is 9.55 Å². The molecule has 0 radical (unpaired) electrons. The lowest BCUT2D eigenvalue weighted by Gasteiger charge is -2.14. The second-order valence-electron chi connectivity index (χ2n) is 5.24. The lowest BCUT2D eigenvalue weighted by Crippen LogP contribution is -2.00. The Hall–Kier alpha value is -2.95. The van der Waals surface area contributed by atoms with Crippen LogP contribution in [-0.4, -0.2) is 30.9 Å². The molecule has 5 nitrogen and oxygen atoms in total. The zero-order chi connectivity index (χ0) is 17.1. The molecular formula is C19H20N2O3. The summed E-state index contributed by atoms with van der Waals surface area (Å²) in [4.78, 5) is 4.77. The Morgan fingerprint density at radius 3 is 2.29 bits per heavy atom. The van der Waals surface area contributed by atoms with Gasteiger partial charge in [-0.2, -0.15) is 0 Å². The van der Waals surface area contributed by atoms with Crippen molar-refractivity contribution < 1.29 is 14.2 Å². The molecule has 5 heteroatoms. The standard InChI is InChI=1S/C19H20N2O3/c1-5-10-21-15-9-7-6-8-14(15)20-19(21)13-11-16(22-2)18(24-4)17(12-13)23-3/h5-9,11-12H,1,10H2,2-4H3. The van der Waals surface area contributed by atoms with E-state index in [9.17, 15) is 0 Å². The van der Waals surface area contributed by atoms with E-state index in [2.05, 4.69) is 11.1 Å². The van der Waals surface area contributed by atoms with Crippen molar-refractivity contribution in [3.8, 4) is 28.6 Å². The Kier molecular flexibility index (Phi) is 4.42. The van der Waals surface area contributed by atoms with Crippen molar-refractivity contribution in [3.63, 3.8) is 0 Å². The highest BCUT2D eigenvalue weighted by Crippen LogP contribution is 2.41. The van der Waals surface area contributed by atoms with Crippen LogP contribution in [0.1, 0.15) is 0 Å². The number of nitrogens with zero attached hydrogens (tertiary/aromatic N) is 2. The van der Waals surface area contributed by atoms with Crippen molar-refractivity contribution in [2.45, 2.75) is 6.54 Å². The highest BCUT2D eigenvalue weighted by Gasteiger charge is 2.18. The molecule has 0 atom stereocenters. The van der Waals surface area contributed by atoms with Gasteiger partial charge in [-0.15, -0.1) is 6.58 Å². The molecule has 0 spiro atoms. The summed E-state index contributed by atoms with van der Waals surface area (Å²) in [5.74, 6) is 2.60. The van der Waals surface area contributed by atoms with Crippen molar-refractivity contribution >= 4 is 11.0 Å². The van der Waals surface area contributed by atoms with Crippen LogP contribution < -0.4 is 14.2 Å². The Morgan fingerprint density at radius 1 is 1.04 bits per heavy atom. The van der Waals surface area contributed by atoms with Crippen LogP contribution in [0.3, 0.4) is 0 Å². The van der Waals surface area contributed by atoms with Crippen LogP contribution in [0.2, 0.25) is 0 Å². The van der Waals surface area contributed by atoms with Crippen LogP contribution in [-0.2, 0) is 6.54 Å². The minimum absolute atomic E-state index is 0.565. The van der Waals surface area contributed by atoms with E-state index in [1.807, 2.05) is 42.5 Å². The Labute approximate surface area is 141 Å². The molecule has 0 saturated carbocycles. The SMILES string of the molecule is C=CCn1c(-c2cc(OC)c(OC)c(OC)c2)nc2ccccc21. The van der Waals surface area contributed by atoms with E-state index >= 15 is 0 Å². The number of methoxy groups -OCH3 is 3. The normalized spacial score (nSPS) is 10.6. The quantitative estimate of drug-likeness (QED) is 0.645. The topological polar surface area (TPSA) is 45.5 Å². The van der Waals surface area contributed by atoms with Crippen molar-refractivity contribution in [2.24, 2.45) is 0 Å². The van der Waals surface area contributed by atoms with Crippen LogP contribution >= 0.6 is 0 Å². The third-order valence-corrected chi connectivity index (χ3v) is 3.89. The Balaban J connectivity index is 2.27. The van der Waals surface area contributed by atoms with Crippen LogP contribution in [0, 0.1) is 0 Å². The van der Waals surface area contributed by atoms with Gasteiger partial charge in [-0.05, 0) is 24.3 Å². The molecule has 3 aromatic rings. The average Bonchev–Trinajstić information content (AvgIpc) is 2.99. The van der Waals surface area contributed by atoms with Gasteiger partial charge in [0.1, 0.15) is 5.82 Å². The fourth-order valence-corrected chi connectivity index (χ4v) is 2.82. The zero-order valence-electron chi connectivity index (χ0n) is 14.1. The minimum atomic E-state index is 0.565. The van der Waals surface area contributed by atoms with Crippen molar-refractivity contribution in [2.75, 3.05) is 21.3 Å². The van der Waals surface area contributed by atoms with Gasteiger partial charge in [-0.25, -0.2) is 4.98 Å². The van der Waals surface area contributed by atoms with E-state index in [1.54, 1.807) is 21.3 Å². The first-order chi connectivity index (χ1) is 11.7. The smallest absolute Gasteiger partial charge is 0.203 e. The van der Waals surface area contributed by atoms with Gasteiger partial charge in [0.25, 0.3) is 0 Å². The van der Waals surface area contributed by atoms with E-state index in [1.165, 1.54) is 0 Å². The summed E-state index contributed by atoms with van der Waals surface area (Å²) in [6.45, 7) is 4.51. The molecule has 0 N–H and O–H groups in total. The van der Waals surface area contributed by atoms with E-state index in [0.717, 1.165) is 22.4 Å². The van der Waals surface area contributed by atoms with Gasteiger partial charge in [0, 0.05) is 12.1 Å². The van der Waals surface area contributed by atoms with Gasteiger partial charge >= 0.3 is 0 Å². The number of hydrogen-bond acceptors (Lipinski definition) is 4. The fourth-order valence-electron chi connectivity index (χ4n) is 2.82. The maximum absolute atomic E-state index is 5.45. The molecule has 0 fully saturated rings. The third kappa shape index (κ3) is 2.58. The molecule has 0 amide bonds. The Morgan fingerprint density at radius 2 is 1.71 bits per heavy atom. The lowest BCUT2D eigenvalue weighted by atomic mass is 10.1. The van der Waals surface area contributed by atoms with Gasteiger partial charge < -0.3 is 18.8 Å². The summed E-state index contributed by atoms with van der Waals surface area (Å²) in [5, 5.41) is 0. The number of allylic oxidation sites excluding steroid dienone is 1. The molecule has 0 aliphatic carbocycles. The van der Waals surface area contributed by atoms with Gasteiger partial charge in [0.2, 0.25) is 5.75 Å². The second kappa shape index (κ2) is 6.66. The summed E-state index contributed by atoms with van der Waals surface area (Å²) in [6, 6.07) is 11.8. The summed E-state index contributed by atoms with van der Waals surface area (Å²) >= 11 is 0. The largest absolute Gasteiger partial charge is 0.493 e. The fraction of sp³-hybridized carbons (Fsp3) is 0.211. The van der Waals surface area contributed by atoms with E-state index < -0.39 is 0 Å². The number of hydrogen-bond donors (Lipinski definition) is 0. The first kappa shape index (κ1) is 15.9. The third-order valence-electron chi connectivity index (χ3n) is 3.89. The second-order valence-corrected chi connectivity index (χ2v) is 5.24. The summed E-state index contributed by atoms with van der Waals surface area (Å²) in [7, 11) is 4.80. The monoisotopic (exact) mass is 324 g/mol. The van der Waals surface area contributed by atoms with E-state index in [-0.39, 0.29) is 0 Å². The number of para-hydroxylation sites is 2. The molecule has 3 rings (SSSR count). The molecule has 2 aromatic carbocycles. The van der Waals surface area contributed by atoms with Gasteiger partial charge in [-0.1, -0.05) is 18.2 Å². The summed E-state index contributed by atoms with van der Waals surface area (Å²) in [6.07, 6.45) is 1.86. The van der Waals surface area contributed by atoms with Gasteiger partial charge in [0.05, 0.1) is 32.4 Å². The van der Waals surface area contributed by atoms with Crippen LogP contribution in [0.15, 0.2) is 49.1 Å². The average molecular weight is 324 g/mol. The molecule has 24 heavy (non-hydrogen) atoms. The number of benzene rings is 2. The maximum Gasteiger partial charge on any atom is 0.203 e. The highest BCUT2D eigenvalue weighted by atomic mass is 16.5. The Bertz CT molecular complexity index is 858. The predicted molar refractivity (Wildman–Crippen MR) is 95.0 cm³/mol. The number of fused-ring (bicyclic) bond motifs is 1. The molecule has 1 heterocycles. The van der Waals surface area contributed by atoms with E-state index in [0.29, 0.717) is 23.8 Å². The van der Waals surface area contributed by atoms with Gasteiger partial charge in [0.15, 0.2) is 11.5 Å². The van der Waals surface area contributed by atoms with Crippen molar-refractivity contribution in [1.29, 1.82) is 0 Å². The summed E-state index contributed by atoms with van der Waals surface area (Å²) < 4.78 is 18.4. The molecule has 124 valence electrons. The predicted octanol–water partition coefficient (Wildman–Crippen LogP) is 3.92. The molecule has 0 aliphatic rings. The highest BCUT2D eigenvalue weighted by molar-refractivity contribution is 5.81. The van der Waals surface area contributed by atoms with Gasteiger partial charge in [-0.3, -0.25) is 0 Å². The number of aromatic nitrogens is 2. The molecular weight excluding hydrogens is 304 g/mol. The van der Waals surface area contributed by atoms with E-state index in [4.69, 9.17) is 19.2 Å². The first-order valence-electron chi connectivity index (χ1n) is 7.60. The molecule has 0 saturated heterocycles. The minimum Gasteiger partial charge on any atom is -0.493 e. The molecule has 0 aliphatic heterocycles. The molecule has 0 unspecified atom stereocenters. The number of imidazole rings is 1. The summed E-state index contributed by atoms with van der Waals surface area (Å²) in [5.41, 5.74) is 2.88. The van der Waals surface area contributed by atoms with Crippen LogP contribution in [0.4, 0.5) is 0 Å². The number of ether oxygens (including phenoxy) is 3. The molecule has 1 aromatic heterocycles. The lowest BCUT2D eigenvalue weighted by molar-refractivity contribution is 0.324. The number of rotatable bonds is 6. The van der Waals surface area contributed by atoms with Crippen LogP contribution in [0.5, 0.6) is 17.2 Å². The molecule has 0 bridgehead atoms. The first-order valence-corrected chi connectivity index (χ1v) is 7.60. The zero-order valence-corrected chi connectivity index (χ0v) is 14.1. The van der Waals surface area contributed by atoms with Crippen molar-refractivity contribution in [3.05, 3.63) is 49.1 Å². The maximum atomic E-state index is 5.45.